The summed E-state index contributed by atoms with van der Waals surface area (Å²) in [5, 5.41) is 10.7. The van der Waals surface area contributed by atoms with Crippen molar-refractivity contribution < 1.29 is 27.9 Å². The molecule has 0 aliphatic heterocycles. The number of rotatable bonds is 2. The van der Waals surface area contributed by atoms with E-state index in [2.05, 4.69) is 0 Å². The minimum absolute atomic E-state index is 0.0808. The van der Waals surface area contributed by atoms with Crippen molar-refractivity contribution in [1.82, 2.24) is 0 Å². The quantitative estimate of drug-likeness (QED) is 0.881. The lowest BCUT2D eigenvalue weighted by molar-refractivity contribution is -0.167. The number of carboxylic acid groups (broad SMARTS) is 1. The van der Waals surface area contributed by atoms with Crippen molar-refractivity contribution in [2.45, 2.75) is 20.0 Å². The number of carboxylic acids is 1. The number of amides is 1. The summed E-state index contributed by atoms with van der Waals surface area (Å²) in [6.07, 6.45) is -5.10. The Morgan fingerprint density at radius 3 is 2.26 bits per heavy atom. The molecule has 8 heteroatoms. The Morgan fingerprint density at radius 1 is 1.32 bits per heavy atom. The second-order valence-corrected chi connectivity index (χ2v) is 4.21. The van der Waals surface area contributed by atoms with Crippen LogP contribution in [0.15, 0.2) is 6.07 Å². The summed E-state index contributed by atoms with van der Waals surface area (Å²) in [5.41, 5.74) is -0.651. The number of nitrogens with one attached hydrogen (secondary N) is 1. The number of aryl methyl sites for hydroxylation is 1. The molecule has 4 nitrogen and oxygen atoms in total. The summed E-state index contributed by atoms with van der Waals surface area (Å²) in [4.78, 5) is 22.0. The van der Waals surface area contributed by atoms with Gasteiger partial charge in [0, 0.05) is 5.02 Å². The molecule has 1 aromatic carbocycles. The Balaban J connectivity index is 3.39. The molecule has 0 aliphatic carbocycles. The Bertz CT molecular complexity index is 555. The molecule has 0 heterocycles. The summed E-state index contributed by atoms with van der Waals surface area (Å²) < 4.78 is 36.6. The molecule has 0 bridgehead atoms. The molecule has 1 rings (SSSR count). The number of anilines is 1. The molecule has 0 fully saturated rings. The molecule has 0 saturated carbocycles. The molecule has 0 aliphatic rings. The van der Waals surface area contributed by atoms with Crippen molar-refractivity contribution in [3.05, 3.63) is 27.8 Å². The van der Waals surface area contributed by atoms with Crippen molar-refractivity contribution in [2.24, 2.45) is 0 Å². The highest BCUT2D eigenvalue weighted by Crippen LogP contribution is 2.31. The van der Waals surface area contributed by atoms with Crippen molar-refractivity contribution >= 4 is 29.2 Å². The van der Waals surface area contributed by atoms with E-state index >= 15 is 0 Å². The van der Waals surface area contributed by atoms with Crippen molar-refractivity contribution in [2.75, 3.05) is 5.32 Å². The number of alkyl halides is 3. The van der Waals surface area contributed by atoms with E-state index in [0.717, 1.165) is 0 Å². The Kier molecular flexibility index (Phi) is 4.09. The zero-order valence-electron chi connectivity index (χ0n) is 9.85. The van der Waals surface area contributed by atoms with Crippen LogP contribution in [-0.4, -0.2) is 23.2 Å². The SMILES string of the molecule is Cc1cc(Cl)c(C)c(C(=O)O)c1NC(=O)C(F)(F)F. The van der Waals surface area contributed by atoms with Gasteiger partial charge in [-0.1, -0.05) is 11.6 Å². The fourth-order valence-corrected chi connectivity index (χ4v) is 1.75. The van der Waals surface area contributed by atoms with Gasteiger partial charge in [0.1, 0.15) is 0 Å². The molecule has 0 spiro atoms. The maximum atomic E-state index is 12.2. The van der Waals surface area contributed by atoms with E-state index in [1.54, 1.807) is 5.32 Å². The molecular weight excluding hydrogens is 287 g/mol. The van der Waals surface area contributed by atoms with Crippen LogP contribution in [0.4, 0.5) is 18.9 Å². The number of hydrogen-bond donors (Lipinski definition) is 2. The number of carbonyl (C=O) groups excluding carboxylic acids is 1. The second-order valence-electron chi connectivity index (χ2n) is 3.81. The van der Waals surface area contributed by atoms with Crippen LogP contribution in [0.5, 0.6) is 0 Å². The molecule has 1 aromatic rings. The first kappa shape index (κ1) is 15.3. The third kappa shape index (κ3) is 3.17. The van der Waals surface area contributed by atoms with Gasteiger partial charge in [-0.05, 0) is 31.0 Å². The molecule has 0 saturated heterocycles. The summed E-state index contributed by atoms with van der Waals surface area (Å²) >= 11 is 5.76. The van der Waals surface area contributed by atoms with Gasteiger partial charge in [0.15, 0.2) is 0 Å². The fourth-order valence-electron chi connectivity index (χ4n) is 1.49. The van der Waals surface area contributed by atoms with Gasteiger partial charge in [-0.15, -0.1) is 0 Å². The van der Waals surface area contributed by atoms with Gasteiger partial charge in [0.05, 0.1) is 11.3 Å². The van der Waals surface area contributed by atoms with E-state index in [0.29, 0.717) is 0 Å². The highest BCUT2D eigenvalue weighted by atomic mass is 35.5. The van der Waals surface area contributed by atoms with Gasteiger partial charge in [-0.2, -0.15) is 13.2 Å². The summed E-state index contributed by atoms with van der Waals surface area (Å²) in [7, 11) is 0. The van der Waals surface area contributed by atoms with E-state index in [1.165, 1.54) is 19.9 Å². The molecule has 0 radical (unpaired) electrons. The molecule has 1 amide bonds. The van der Waals surface area contributed by atoms with Crippen molar-refractivity contribution in [3.8, 4) is 0 Å². The van der Waals surface area contributed by atoms with Gasteiger partial charge in [0.25, 0.3) is 0 Å². The lowest BCUT2D eigenvalue weighted by Crippen LogP contribution is -2.31. The molecule has 0 atom stereocenters. The monoisotopic (exact) mass is 295 g/mol. The molecule has 19 heavy (non-hydrogen) atoms. The fraction of sp³-hybridized carbons (Fsp3) is 0.273. The van der Waals surface area contributed by atoms with Gasteiger partial charge in [-0.25, -0.2) is 4.79 Å². The first-order valence-electron chi connectivity index (χ1n) is 4.97. The number of halogens is 4. The Labute approximate surface area is 111 Å². The van der Waals surface area contributed by atoms with Crippen LogP contribution < -0.4 is 5.32 Å². The second kappa shape index (κ2) is 5.08. The van der Waals surface area contributed by atoms with E-state index in [-0.39, 0.29) is 16.1 Å². The van der Waals surface area contributed by atoms with E-state index in [4.69, 9.17) is 16.7 Å². The van der Waals surface area contributed by atoms with Crippen molar-refractivity contribution in [3.63, 3.8) is 0 Å². The molecular formula is C11H9ClF3NO3. The molecule has 0 aromatic heterocycles. The highest BCUT2D eigenvalue weighted by molar-refractivity contribution is 6.32. The zero-order valence-corrected chi connectivity index (χ0v) is 10.6. The normalized spacial score (nSPS) is 11.3. The maximum Gasteiger partial charge on any atom is 0.471 e. The topological polar surface area (TPSA) is 66.4 Å². The number of hydrogen-bond acceptors (Lipinski definition) is 2. The highest BCUT2D eigenvalue weighted by Gasteiger charge is 2.39. The largest absolute Gasteiger partial charge is 0.478 e. The van der Waals surface area contributed by atoms with Gasteiger partial charge >= 0.3 is 18.1 Å². The van der Waals surface area contributed by atoms with Gasteiger partial charge < -0.3 is 10.4 Å². The summed E-state index contributed by atoms with van der Waals surface area (Å²) in [5.74, 6) is -3.71. The summed E-state index contributed by atoms with van der Waals surface area (Å²) in [6.45, 7) is 2.69. The smallest absolute Gasteiger partial charge is 0.471 e. The van der Waals surface area contributed by atoms with Crippen molar-refractivity contribution in [1.29, 1.82) is 0 Å². The third-order valence-corrected chi connectivity index (χ3v) is 2.82. The van der Waals surface area contributed by atoms with E-state index in [1.807, 2.05) is 0 Å². The summed E-state index contributed by atoms with van der Waals surface area (Å²) in [6, 6.07) is 1.29. The first-order valence-corrected chi connectivity index (χ1v) is 5.34. The van der Waals surface area contributed by atoms with Gasteiger partial charge in [0.2, 0.25) is 0 Å². The van der Waals surface area contributed by atoms with Crippen LogP contribution in [0.1, 0.15) is 21.5 Å². The van der Waals surface area contributed by atoms with Crippen LogP contribution in [0.25, 0.3) is 0 Å². The lowest BCUT2D eigenvalue weighted by Gasteiger charge is -2.15. The Hall–Kier alpha value is -1.76. The number of benzene rings is 1. The van der Waals surface area contributed by atoms with Crippen LogP contribution in [0, 0.1) is 13.8 Å². The predicted molar refractivity (Wildman–Crippen MR) is 62.6 cm³/mol. The van der Waals surface area contributed by atoms with Gasteiger partial charge in [-0.3, -0.25) is 4.79 Å². The zero-order chi connectivity index (χ0) is 15.0. The number of aromatic carboxylic acids is 1. The average Bonchev–Trinajstić information content (AvgIpc) is 2.23. The van der Waals surface area contributed by atoms with E-state index < -0.39 is 29.3 Å². The predicted octanol–water partition coefficient (Wildman–Crippen LogP) is 3.16. The Morgan fingerprint density at radius 2 is 1.84 bits per heavy atom. The first-order chi connectivity index (χ1) is 8.55. The maximum absolute atomic E-state index is 12.2. The third-order valence-electron chi connectivity index (χ3n) is 2.43. The van der Waals surface area contributed by atoms with Crippen LogP contribution >= 0.6 is 11.6 Å². The number of carbonyl (C=O) groups is 2. The molecule has 0 unspecified atom stereocenters. The standard InChI is InChI=1S/C11H9ClF3NO3/c1-4-3-6(12)5(2)7(9(17)18)8(4)16-10(19)11(13,14)15/h3H,1-2H3,(H,16,19)(H,17,18). The van der Waals surface area contributed by atoms with Crippen LogP contribution in [0.2, 0.25) is 5.02 Å². The van der Waals surface area contributed by atoms with Crippen LogP contribution in [-0.2, 0) is 4.79 Å². The molecule has 2 N–H and O–H groups in total. The lowest BCUT2D eigenvalue weighted by atomic mass is 10.0. The van der Waals surface area contributed by atoms with Crippen LogP contribution in [0.3, 0.4) is 0 Å². The average molecular weight is 296 g/mol. The van der Waals surface area contributed by atoms with E-state index in [9.17, 15) is 22.8 Å². The minimum atomic E-state index is -5.10. The minimum Gasteiger partial charge on any atom is -0.478 e. The molecule has 104 valence electrons.